The van der Waals surface area contributed by atoms with E-state index in [0.29, 0.717) is 6.54 Å². The van der Waals surface area contributed by atoms with Gasteiger partial charge in [0.25, 0.3) is 0 Å². The average Bonchev–Trinajstić information content (AvgIpc) is 2.64. The van der Waals surface area contributed by atoms with Gasteiger partial charge in [-0.1, -0.05) is 43.3 Å². The number of hydrogen-bond donors (Lipinski definition) is 2. The molecule has 2 aromatic carbocycles. The Morgan fingerprint density at radius 2 is 1.84 bits per heavy atom. The number of halogens is 1. The smallest absolute Gasteiger partial charge is 0.233 e. The fourth-order valence-electron chi connectivity index (χ4n) is 2.54. The van der Waals surface area contributed by atoms with Crippen molar-refractivity contribution in [2.75, 3.05) is 20.2 Å². The van der Waals surface area contributed by atoms with Crippen LogP contribution in [-0.2, 0) is 4.79 Å². The van der Waals surface area contributed by atoms with Gasteiger partial charge in [0.15, 0.2) is 11.6 Å². The molecule has 0 fully saturated rings. The Morgan fingerprint density at radius 3 is 2.48 bits per heavy atom. The lowest BCUT2D eigenvalue weighted by atomic mass is 10.0. The molecule has 25 heavy (non-hydrogen) atoms. The Hall–Kier alpha value is -2.40. The summed E-state index contributed by atoms with van der Waals surface area (Å²) in [5.74, 6) is -0.0275. The third kappa shape index (κ3) is 5.57. The van der Waals surface area contributed by atoms with Gasteiger partial charge in [-0.25, -0.2) is 4.39 Å². The molecule has 0 unspecified atom stereocenters. The number of methoxy groups -OCH3 is 1. The molecule has 0 saturated carbocycles. The summed E-state index contributed by atoms with van der Waals surface area (Å²) in [5.41, 5.74) is 1.96. The fraction of sp³-hybridized carbons (Fsp3) is 0.350. The van der Waals surface area contributed by atoms with Crippen LogP contribution in [0, 0.1) is 5.82 Å². The number of hydrogen-bond acceptors (Lipinski definition) is 3. The summed E-state index contributed by atoms with van der Waals surface area (Å²) in [5, 5.41) is 6.03. The van der Waals surface area contributed by atoms with Gasteiger partial charge in [-0.15, -0.1) is 0 Å². The highest BCUT2D eigenvalue weighted by atomic mass is 19.1. The van der Waals surface area contributed by atoms with Crippen LogP contribution >= 0.6 is 0 Å². The van der Waals surface area contributed by atoms with Crippen molar-refractivity contribution in [2.24, 2.45) is 0 Å². The van der Waals surface area contributed by atoms with Crippen LogP contribution in [-0.4, -0.2) is 26.1 Å². The van der Waals surface area contributed by atoms with Gasteiger partial charge in [0.1, 0.15) is 0 Å². The van der Waals surface area contributed by atoms with Crippen LogP contribution < -0.4 is 15.4 Å². The molecule has 1 amide bonds. The SMILES string of the molecule is COc1ccc([C@H](C)NCC(=O)NC[C@H](C)c2ccccc2)cc1F. The Labute approximate surface area is 148 Å². The van der Waals surface area contributed by atoms with Crippen molar-refractivity contribution < 1.29 is 13.9 Å². The van der Waals surface area contributed by atoms with Gasteiger partial charge in [-0.05, 0) is 36.1 Å². The van der Waals surface area contributed by atoms with Crippen molar-refractivity contribution in [2.45, 2.75) is 25.8 Å². The Morgan fingerprint density at radius 1 is 1.12 bits per heavy atom. The third-order valence-electron chi connectivity index (χ3n) is 4.22. The van der Waals surface area contributed by atoms with Gasteiger partial charge in [0, 0.05) is 12.6 Å². The second kappa shape index (κ2) is 9.18. The van der Waals surface area contributed by atoms with E-state index in [-0.39, 0.29) is 30.2 Å². The van der Waals surface area contributed by atoms with Gasteiger partial charge < -0.3 is 15.4 Å². The van der Waals surface area contributed by atoms with Gasteiger partial charge in [-0.2, -0.15) is 0 Å². The third-order valence-corrected chi connectivity index (χ3v) is 4.22. The summed E-state index contributed by atoms with van der Waals surface area (Å²) in [6, 6.07) is 14.7. The maximum Gasteiger partial charge on any atom is 0.233 e. The lowest BCUT2D eigenvalue weighted by Gasteiger charge is -2.16. The topological polar surface area (TPSA) is 50.4 Å². The highest BCUT2D eigenvalue weighted by molar-refractivity contribution is 5.78. The van der Waals surface area contributed by atoms with E-state index in [9.17, 15) is 9.18 Å². The normalized spacial score (nSPS) is 13.1. The van der Waals surface area contributed by atoms with Crippen molar-refractivity contribution in [1.82, 2.24) is 10.6 Å². The molecule has 0 saturated heterocycles. The van der Waals surface area contributed by atoms with Crippen LogP contribution in [0.2, 0.25) is 0 Å². The number of amides is 1. The van der Waals surface area contributed by atoms with E-state index in [0.717, 1.165) is 5.56 Å². The van der Waals surface area contributed by atoms with Crippen LogP contribution in [0.15, 0.2) is 48.5 Å². The summed E-state index contributed by atoms with van der Waals surface area (Å²) in [6.45, 7) is 4.72. The molecule has 2 aromatic rings. The molecular weight excluding hydrogens is 319 g/mol. The molecule has 0 aliphatic rings. The van der Waals surface area contributed by atoms with E-state index in [2.05, 4.69) is 29.7 Å². The van der Waals surface area contributed by atoms with Crippen molar-refractivity contribution in [3.8, 4) is 5.75 Å². The number of rotatable bonds is 8. The number of nitrogens with one attached hydrogen (secondary N) is 2. The first-order valence-electron chi connectivity index (χ1n) is 8.39. The Balaban J connectivity index is 1.78. The summed E-state index contributed by atoms with van der Waals surface area (Å²) < 4.78 is 18.7. The zero-order valence-electron chi connectivity index (χ0n) is 14.9. The van der Waals surface area contributed by atoms with Crippen molar-refractivity contribution in [3.05, 3.63) is 65.5 Å². The second-order valence-corrected chi connectivity index (χ2v) is 6.11. The first-order chi connectivity index (χ1) is 12.0. The predicted octanol–water partition coefficient (Wildman–Crippen LogP) is 3.40. The minimum absolute atomic E-state index is 0.0800. The first-order valence-corrected chi connectivity index (χ1v) is 8.39. The number of ether oxygens (including phenoxy) is 1. The monoisotopic (exact) mass is 344 g/mol. The lowest BCUT2D eigenvalue weighted by molar-refractivity contribution is -0.120. The van der Waals surface area contributed by atoms with Gasteiger partial charge in [0.2, 0.25) is 5.91 Å². The maximum absolute atomic E-state index is 13.7. The zero-order chi connectivity index (χ0) is 18.2. The molecule has 0 spiro atoms. The Bertz CT molecular complexity index is 691. The molecule has 0 radical (unpaired) electrons. The standard InChI is InChI=1S/C20H25FN2O2/c1-14(16-7-5-4-6-8-16)12-23-20(24)13-22-15(2)17-9-10-19(25-3)18(21)11-17/h4-11,14-15,22H,12-13H2,1-3H3,(H,23,24)/t14-,15-/m0/s1. The molecule has 2 atom stereocenters. The molecule has 4 nitrogen and oxygen atoms in total. The van der Waals surface area contributed by atoms with E-state index in [1.54, 1.807) is 12.1 Å². The van der Waals surface area contributed by atoms with Crippen molar-refractivity contribution >= 4 is 5.91 Å². The Kier molecular flexibility index (Phi) is 6.95. The molecule has 2 rings (SSSR count). The predicted molar refractivity (Wildman–Crippen MR) is 97.2 cm³/mol. The fourth-order valence-corrected chi connectivity index (χ4v) is 2.54. The second-order valence-electron chi connectivity index (χ2n) is 6.11. The number of carbonyl (C=O) groups excluding carboxylic acids is 1. The molecule has 0 aliphatic carbocycles. The lowest BCUT2D eigenvalue weighted by Crippen LogP contribution is -2.36. The van der Waals surface area contributed by atoms with Crippen LogP contribution in [0.5, 0.6) is 5.75 Å². The van der Waals surface area contributed by atoms with Crippen LogP contribution in [0.25, 0.3) is 0 Å². The molecule has 134 valence electrons. The van der Waals surface area contributed by atoms with Crippen LogP contribution in [0.3, 0.4) is 0 Å². The molecule has 5 heteroatoms. The minimum Gasteiger partial charge on any atom is -0.494 e. The summed E-state index contributed by atoms with van der Waals surface area (Å²) in [7, 11) is 1.43. The summed E-state index contributed by atoms with van der Waals surface area (Å²) in [4.78, 5) is 12.0. The first kappa shape index (κ1) is 18.9. The highest BCUT2D eigenvalue weighted by Crippen LogP contribution is 2.21. The molecule has 0 aliphatic heterocycles. The highest BCUT2D eigenvalue weighted by Gasteiger charge is 2.12. The largest absolute Gasteiger partial charge is 0.494 e. The number of benzene rings is 2. The number of carbonyl (C=O) groups is 1. The molecule has 0 aromatic heterocycles. The summed E-state index contributed by atoms with van der Waals surface area (Å²) in [6.07, 6.45) is 0. The zero-order valence-corrected chi connectivity index (χ0v) is 14.9. The van der Waals surface area contributed by atoms with Gasteiger partial charge in [0.05, 0.1) is 13.7 Å². The van der Waals surface area contributed by atoms with Gasteiger partial charge >= 0.3 is 0 Å². The van der Waals surface area contributed by atoms with Crippen LogP contribution in [0.4, 0.5) is 4.39 Å². The molecule has 0 heterocycles. The quantitative estimate of drug-likeness (QED) is 0.772. The van der Waals surface area contributed by atoms with E-state index in [1.165, 1.54) is 18.7 Å². The van der Waals surface area contributed by atoms with E-state index < -0.39 is 5.82 Å². The molecular formula is C20H25FN2O2. The average molecular weight is 344 g/mol. The summed E-state index contributed by atoms with van der Waals surface area (Å²) >= 11 is 0. The van der Waals surface area contributed by atoms with E-state index in [1.807, 2.05) is 25.1 Å². The maximum atomic E-state index is 13.7. The molecule has 0 bridgehead atoms. The van der Waals surface area contributed by atoms with E-state index in [4.69, 9.17) is 4.74 Å². The van der Waals surface area contributed by atoms with Crippen LogP contribution in [0.1, 0.15) is 36.9 Å². The van der Waals surface area contributed by atoms with Crippen molar-refractivity contribution in [1.29, 1.82) is 0 Å². The molecule has 2 N–H and O–H groups in total. The minimum atomic E-state index is -0.408. The van der Waals surface area contributed by atoms with Crippen molar-refractivity contribution in [3.63, 3.8) is 0 Å². The van der Waals surface area contributed by atoms with Gasteiger partial charge in [-0.3, -0.25) is 4.79 Å². The van der Waals surface area contributed by atoms with E-state index >= 15 is 0 Å².